The number of anilines is 1. The number of aromatic nitrogens is 3. The van der Waals surface area contributed by atoms with Gasteiger partial charge in [0.1, 0.15) is 12.2 Å². The van der Waals surface area contributed by atoms with Crippen molar-refractivity contribution in [2.24, 2.45) is 7.05 Å². The Balaban J connectivity index is 1.62. The van der Waals surface area contributed by atoms with Gasteiger partial charge in [0.15, 0.2) is 4.77 Å². The minimum absolute atomic E-state index is 0.128. The first kappa shape index (κ1) is 20.8. The molecule has 2 heterocycles. The van der Waals surface area contributed by atoms with Crippen molar-refractivity contribution in [2.75, 3.05) is 37.7 Å². The Kier molecular flexibility index (Phi) is 6.74. The summed E-state index contributed by atoms with van der Waals surface area (Å²) in [6.45, 7) is 8.50. The number of esters is 1. The number of aryl methyl sites for hydroxylation is 1. The quantitative estimate of drug-likeness (QED) is 0.526. The van der Waals surface area contributed by atoms with Crippen molar-refractivity contribution in [3.8, 4) is 0 Å². The second kappa shape index (κ2) is 9.07. The zero-order valence-corrected chi connectivity index (χ0v) is 18.1. The van der Waals surface area contributed by atoms with E-state index in [1.165, 1.54) is 11.3 Å². The van der Waals surface area contributed by atoms with E-state index < -0.39 is 0 Å². The summed E-state index contributed by atoms with van der Waals surface area (Å²) in [5.41, 5.74) is 2.42. The number of carbonyl (C=O) groups excluding carboxylic acids is 1. The Bertz CT molecular complexity index is 902. The molecule has 2 aromatic rings. The van der Waals surface area contributed by atoms with Crippen molar-refractivity contribution in [2.45, 2.75) is 26.9 Å². The molecule has 1 aliphatic heterocycles. The minimum atomic E-state index is -0.289. The summed E-state index contributed by atoms with van der Waals surface area (Å²) in [5, 5.41) is 5.29. The monoisotopic (exact) mass is 423 g/mol. The highest BCUT2D eigenvalue weighted by Crippen LogP contribution is 2.25. The third-order valence-corrected chi connectivity index (χ3v) is 5.68. The third kappa shape index (κ3) is 4.74. The van der Waals surface area contributed by atoms with Crippen molar-refractivity contribution < 1.29 is 9.53 Å². The lowest BCUT2D eigenvalue weighted by Gasteiger charge is -2.36. The van der Waals surface area contributed by atoms with Crippen LogP contribution in [0.15, 0.2) is 18.2 Å². The van der Waals surface area contributed by atoms with Gasteiger partial charge in [0.25, 0.3) is 0 Å². The van der Waals surface area contributed by atoms with Crippen LogP contribution in [0.4, 0.5) is 5.69 Å². The van der Waals surface area contributed by atoms with Crippen molar-refractivity contribution in [3.63, 3.8) is 0 Å². The average Bonchev–Trinajstić information content (AvgIpc) is 2.92. The molecule has 0 bridgehead atoms. The van der Waals surface area contributed by atoms with Crippen molar-refractivity contribution >= 4 is 35.5 Å². The molecule has 28 heavy (non-hydrogen) atoms. The van der Waals surface area contributed by atoms with E-state index >= 15 is 0 Å². The molecule has 0 N–H and O–H groups in total. The predicted octanol–water partition coefficient (Wildman–Crippen LogP) is 2.80. The summed E-state index contributed by atoms with van der Waals surface area (Å²) in [4.78, 5) is 16.4. The lowest BCUT2D eigenvalue weighted by atomic mass is 10.1. The highest BCUT2D eigenvalue weighted by molar-refractivity contribution is 7.71. The van der Waals surface area contributed by atoms with Crippen LogP contribution in [-0.4, -0.2) is 58.0 Å². The number of ether oxygens (including phenoxy) is 1. The molecule has 0 aliphatic carbocycles. The fraction of sp³-hybridized carbons (Fsp3) is 0.526. The third-order valence-electron chi connectivity index (χ3n) is 4.96. The molecule has 0 saturated carbocycles. The molecule has 9 heteroatoms. The topological polar surface area (TPSA) is 55.5 Å². The van der Waals surface area contributed by atoms with E-state index in [1.807, 2.05) is 19.2 Å². The summed E-state index contributed by atoms with van der Waals surface area (Å²) in [7, 11) is 1.83. The van der Waals surface area contributed by atoms with Gasteiger partial charge in [-0.25, -0.2) is 4.68 Å². The number of hydrogen-bond acceptors (Lipinski definition) is 6. The molecule has 7 nitrogen and oxygen atoms in total. The average molecular weight is 424 g/mol. The van der Waals surface area contributed by atoms with E-state index in [4.69, 9.17) is 28.6 Å². The van der Waals surface area contributed by atoms with E-state index in [2.05, 4.69) is 27.9 Å². The summed E-state index contributed by atoms with van der Waals surface area (Å²) in [6, 6.07) is 6.01. The highest BCUT2D eigenvalue weighted by Gasteiger charge is 2.20. The van der Waals surface area contributed by atoms with E-state index in [0.29, 0.717) is 23.9 Å². The van der Waals surface area contributed by atoms with Crippen LogP contribution in [0.5, 0.6) is 0 Å². The molecule has 0 unspecified atom stereocenters. The minimum Gasteiger partial charge on any atom is -0.466 e. The normalized spacial score (nSPS) is 15.1. The molecular weight excluding hydrogens is 398 g/mol. The molecule has 0 spiro atoms. The Morgan fingerprint density at radius 2 is 2.00 bits per heavy atom. The summed E-state index contributed by atoms with van der Waals surface area (Å²) in [6.07, 6.45) is 0.128. The molecule has 1 fully saturated rings. The fourth-order valence-corrected chi connectivity index (χ4v) is 3.73. The van der Waals surface area contributed by atoms with E-state index in [0.717, 1.165) is 31.2 Å². The van der Waals surface area contributed by atoms with Gasteiger partial charge < -0.3 is 14.2 Å². The van der Waals surface area contributed by atoms with Gasteiger partial charge in [-0.2, -0.15) is 5.10 Å². The second-order valence-corrected chi connectivity index (χ2v) is 7.72. The van der Waals surface area contributed by atoms with Crippen molar-refractivity contribution in [3.05, 3.63) is 39.4 Å². The van der Waals surface area contributed by atoms with Crippen LogP contribution < -0.4 is 4.90 Å². The molecular formula is C19H26ClN5O2S. The van der Waals surface area contributed by atoms with Crippen molar-refractivity contribution in [1.29, 1.82) is 0 Å². The Labute approximate surface area is 175 Å². The fourth-order valence-electron chi connectivity index (χ4n) is 3.36. The van der Waals surface area contributed by atoms with Crippen LogP contribution in [0, 0.1) is 11.7 Å². The molecule has 0 amide bonds. The molecule has 0 atom stereocenters. The first-order valence-corrected chi connectivity index (χ1v) is 10.2. The van der Waals surface area contributed by atoms with E-state index in [1.54, 1.807) is 16.2 Å². The standard InChI is InChI=1S/C19H26ClN5O2S/c1-4-27-18(26)12-17-21-25(19(28)22(17)3)13-23-7-9-24(10-8-23)16-11-15(20)6-5-14(16)2/h5-6,11H,4,7-10,12-13H2,1-3H3. The van der Waals surface area contributed by atoms with Crippen LogP contribution >= 0.6 is 23.8 Å². The summed E-state index contributed by atoms with van der Waals surface area (Å²) < 4.78 is 9.17. The number of hydrogen-bond donors (Lipinski definition) is 0. The zero-order valence-electron chi connectivity index (χ0n) is 16.5. The van der Waals surface area contributed by atoms with E-state index in [-0.39, 0.29) is 12.4 Å². The number of nitrogens with zero attached hydrogens (tertiary/aromatic N) is 5. The molecule has 1 saturated heterocycles. The molecule has 1 aromatic carbocycles. The number of halogens is 1. The van der Waals surface area contributed by atoms with Gasteiger partial charge in [0, 0.05) is 43.9 Å². The van der Waals surface area contributed by atoms with Gasteiger partial charge in [0.05, 0.1) is 13.3 Å². The van der Waals surface area contributed by atoms with Gasteiger partial charge in [0.2, 0.25) is 0 Å². The van der Waals surface area contributed by atoms with Gasteiger partial charge in [-0.1, -0.05) is 17.7 Å². The smallest absolute Gasteiger partial charge is 0.313 e. The second-order valence-electron chi connectivity index (χ2n) is 6.92. The van der Waals surface area contributed by atoms with Gasteiger partial charge >= 0.3 is 5.97 Å². The highest BCUT2D eigenvalue weighted by atomic mass is 35.5. The maximum absolute atomic E-state index is 11.8. The number of carbonyl (C=O) groups is 1. The Morgan fingerprint density at radius 3 is 2.68 bits per heavy atom. The van der Waals surface area contributed by atoms with Crippen LogP contribution in [0.2, 0.25) is 5.02 Å². The van der Waals surface area contributed by atoms with Crippen LogP contribution in [0.1, 0.15) is 18.3 Å². The zero-order chi connectivity index (χ0) is 20.3. The van der Waals surface area contributed by atoms with Gasteiger partial charge in [-0.05, 0) is 43.8 Å². The Morgan fingerprint density at radius 1 is 1.29 bits per heavy atom. The van der Waals surface area contributed by atoms with Crippen LogP contribution in [-0.2, 0) is 29.7 Å². The molecule has 3 rings (SSSR count). The first-order valence-electron chi connectivity index (χ1n) is 9.40. The maximum atomic E-state index is 11.8. The van der Waals surface area contributed by atoms with Crippen LogP contribution in [0.3, 0.4) is 0 Å². The number of piperazine rings is 1. The van der Waals surface area contributed by atoms with E-state index in [9.17, 15) is 4.79 Å². The maximum Gasteiger partial charge on any atom is 0.313 e. The number of rotatable bonds is 6. The Hall–Kier alpha value is -1.90. The molecule has 1 aromatic heterocycles. The van der Waals surface area contributed by atoms with Gasteiger partial charge in [-0.15, -0.1) is 0 Å². The SMILES string of the molecule is CCOC(=O)Cc1nn(CN2CCN(c3cc(Cl)ccc3C)CC2)c(=S)n1C. The molecule has 0 radical (unpaired) electrons. The van der Waals surface area contributed by atoms with Crippen LogP contribution in [0.25, 0.3) is 0 Å². The predicted molar refractivity (Wildman–Crippen MR) is 112 cm³/mol. The van der Waals surface area contributed by atoms with Crippen molar-refractivity contribution in [1.82, 2.24) is 19.2 Å². The van der Waals surface area contributed by atoms with Gasteiger partial charge in [-0.3, -0.25) is 9.69 Å². The summed E-state index contributed by atoms with van der Waals surface area (Å²) in [5.74, 6) is 0.333. The first-order chi connectivity index (χ1) is 13.4. The number of benzene rings is 1. The summed E-state index contributed by atoms with van der Waals surface area (Å²) >= 11 is 11.7. The lowest BCUT2D eigenvalue weighted by molar-refractivity contribution is -0.142. The molecule has 152 valence electrons. The lowest BCUT2D eigenvalue weighted by Crippen LogP contribution is -2.47. The molecule has 1 aliphatic rings. The largest absolute Gasteiger partial charge is 0.466 e.